The molecule has 0 radical (unpaired) electrons. The molecule has 0 fully saturated rings. The lowest BCUT2D eigenvalue weighted by molar-refractivity contribution is 0.490. The normalized spacial score (nSPS) is 12.9. The lowest BCUT2D eigenvalue weighted by Crippen LogP contribution is -2.22. The van der Waals surface area contributed by atoms with Crippen LogP contribution in [-0.2, 0) is 0 Å². The fourth-order valence-corrected chi connectivity index (χ4v) is 1.03. The quantitative estimate of drug-likeness (QED) is 0.590. The monoisotopic (exact) mass is 187 g/mol. The number of rotatable bonds is 2. The molecule has 0 spiro atoms. The van der Waals surface area contributed by atoms with E-state index in [2.05, 4.69) is 0 Å². The van der Waals surface area contributed by atoms with Crippen molar-refractivity contribution in [2.45, 2.75) is 6.04 Å². The third-order valence-electron chi connectivity index (χ3n) is 1.73. The number of nitrogens with two attached hydrogens (primary N) is 3. The minimum Gasteiger partial charge on any atom is -0.399 e. The van der Waals surface area contributed by atoms with Gasteiger partial charge in [0.15, 0.2) is 11.6 Å². The van der Waals surface area contributed by atoms with E-state index >= 15 is 0 Å². The molecule has 3 nitrogen and oxygen atoms in total. The first-order valence-corrected chi connectivity index (χ1v) is 3.76. The van der Waals surface area contributed by atoms with Gasteiger partial charge < -0.3 is 17.2 Å². The second kappa shape index (κ2) is 3.68. The highest BCUT2D eigenvalue weighted by molar-refractivity contribution is 5.43. The van der Waals surface area contributed by atoms with Crippen LogP contribution >= 0.6 is 0 Å². The summed E-state index contributed by atoms with van der Waals surface area (Å²) in [5.41, 5.74) is 16.1. The summed E-state index contributed by atoms with van der Waals surface area (Å²) in [7, 11) is 0. The molecule has 1 rings (SSSR count). The van der Waals surface area contributed by atoms with Crippen LogP contribution in [0.2, 0.25) is 0 Å². The average Bonchev–Trinajstić information content (AvgIpc) is 2.10. The Labute approximate surface area is 74.5 Å². The predicted molar refractivity (Wildman–Crippen MR) is 46.8 cm³/mol. The molecule has 0 heterocycles. The number of hydrogen-bond donors (Lipinski definition) is 3. The summed E-state index contributed by atoms with van der Waals surface area (Å²) in [4.78, 5) is 0. The Bertz CT molecular complexity index is 315. The fraction of sp³-hybridized carbons (Fsp3) is 0.250. The van der Waals surface area contributed by atoms with Crippen LogP contribution < -0.4 is 17.2 Å². The Balaban J connectivity index is 3.20. The van der Waals surface area contributed by atoms with Gasteiger partial charge in [-0.3, -0.25) is 0 Å². The van der Waals surface area contributed by atoms with Crippen LogP contribution in [0.5, 0.6) is 0 Å². The minimum atomic E-state index is -1.00. The summed E-state index contributed by atoms with van der Waals surface area (Å²) in [5, 5.41) is 0. The number of nitrogen functional groups attached to an aromatic ring is 1. The van der Waals surface area contributed by atoms with Gasteiger partial charge in [-0.1, -0.05) is 0 Å². The van der Waals surface area contributed by atoms with E-state index in [0.29, 0.717) is 0 Å². The van der Waals surface area contributed by atoms with Gasteiger partial charge in [-0.15, -0.1) is 0 Å². The van der Waals surface area contributed by atoms with Gasteiger partial charge in [0.1, 0.15) is 0 Å². The van der Waals surface area contributed by atoms with E-state index in [4.69, 9.17) is 17.2 Å². The van der Waals surface area contributed by atoms with Crippen LogP contribution in [0.15, 0.2) is 12.1 Å². The van der Waals surface area contributed by atoms with Crippen molar-refractivity contribution in [3.05, 3.63) is 29.3 Å². The molecule has 0 unspecified atom stereocenters. The van der Waals surface area contributed by atoms with E-state index in [1.54, 1.807) is 0 Å². The lowest BCUT2D eigenvalue weighted by Gasteiger charge is -2.11. The van der Waals surface area contributed by atoms with Crippen LogP contribution in [0.3, 0.4) is 0 Å². The summed E-state index contributed by atoms with van der Waals surface area (Å²) in [6.45, 7) is 0.0415. The smallest absolute Gasteiger partial charge is 0.163 e. The molecular weight excluding hydrogens is 176 g/mol. The summed E-state index contributed by atoms with van der Waals surface area (Å²) in [6, 6.07) is 1.47. The van der Waals surface area contributed by atoms with Crippen molar-refractivity contribution in [2.75, 3.05) is 12.3 Å². The molecule has 0 bridgehead atoms. The Morgan fingerprint density at radius 1 is 1.31 bits per heavy atom. The maximum absolute atomic E-state index is 13.1. The molecule has 6 N–H and O–H groups in total. The maximum Gasteiger partial charge on any atom is 0.163 e. The summed E-state index contributed by atoms with van der Waals surface area (Å²) < 4.78 is 25.8. The number of anilines is 1. The second-order valence-electron chi connectivity index (χ2n) is 2.75. The van der Waals surface area contributed by atoms with Crippen molar-refractivity contribution < 1.29 is 8.78 Å². The zero-order valence-corrected chi connectivity index (χ0v) is 6.93. The van der Waals surface area contributed by atoms with E-state index in [9.17, 15) is 8.78 Å². The van der Waals surface area contributed by atoms with Crippen molar-refractivity contribution >= 4 is 5.69 Å². The van der Waals surface area contributed by atoms with Crippen molar-refractivity contribution in [1.82, 2.24) is 0 Å². The molecule has 13 heavy (non-hydrogen) atoms. The van der Waals surface area contributed by atoms with Gasteiger partial charge in [0, 0.05) is 23.8 Å². The van der Waals surface area contributed by atoms with Crippen LogP contribution in [0.1, 0.15) is 11.6 Å². The predicted octanol–water partition coefficient (Wildman–Crippen LogP) is 0.506. The molecule has 0 aliphatic carbocycles. The molecule has 0 aromatic heterocycles. The summed E-state index contributed by atoms with van der Waals surface area (Å²) >= 11 is 0. The van der Waals surface area contributed by atoms with Crippen molar-refractivity contribution in [2.24, 2.45) is 11.5 Å². The summed E-state index contributed by atoms with van der Waals surface area (Å²) in [6.07, 6.45) is 0. The summed E-state index contributed by atoms with van der Waals surface area (Å²) in [5.74, 6) is -1.98. The second-order valence-corrected chi connectivity index (χ2v) is 2.75. The molecule has 72 valence electrons. The van der Waals surface area contributed by atoms with Crippen molar-refractivity contribution in [3.63, 3.8) is 0 Å². The van der Waals surface area contributed by atoms with Crippen LogP contribution in [0.4, 0.5) is 14.5 Å². The van der Waals surface area contributed by atoms with E-state index in [-0.39, 0.29) is 17.8 Å². The van der Waals surface area contributed by atoms with E-state index in [0.717, 1.165) is 6.07 Å². The molecule has 0 saturated carbocycles. The molecule has 0 aliphatic heterocycles. The molecule has 0 amide bonds. The van der Waals surface area contributed by atoms with Gasteiger partial charge in [-0.05, 0) is 12.1 Å². The van der Waals surface area contributed by atoms with Gasteiger partial charge in [-0.2, -0.15) is 0 Å². The Kier molecular flexibility index (Phi) is 2.79. The highest BCUT2D eigenvalue weighted by Crippen LogP contribution is 2.20. The van der Waals surface area contributed by atoms with E-state index in [1.165, 1.54) is 6.07 Å². The topological polar surface area (TPSA) is 78.1 Å². The molecule has 5 heteroatoms. The van der Waals surface area contributed by atoms with E-state index < -0.39 is 17.7 Å². The Hall–Kier alpha value is -1.20. The number of hydrogen-bond acceptors (Lipinski definition) is 3. The Morgan fingerprint density at radius 3 is 2.46 bits per heavy atom. The van der Waals surface area contributed by atoms with E-state index in [1.807, 2.05) is 0 Å². The maximum atomic E-state index is 13.1. The van der Waals surface area contributed by atoms with Crippen LogP contribution in [0.25, 0.3) is 0 Å². The number of benzene rings is 1. The standard InChI is InChI=1S/C8H11F2N3/c9-6-2-4(12)1-5(8(6)10)7(13)3-11/h1-2,7H,3,11-13H2/t7-/m0/s1. The molecule has 1 atom stereocenters. The molecule has 0 saturated heterocycles. The third-order valence-corrected chi connectivity index (χ3v) is 1.73. The zero-order valence-electron chi connectivity index (χ0n) is 6.93. The minimum absolute atomic E-state index is 0.0139. The molecule has 1 aromatic carbocycles. The third kappa shape index (κ3) is 1.93. The number of halogens is 2. The van der Waals surface area contributed by atoms with Gasteiger partial charge in [0.2, 0.25) is 0 Å². The lowest BCUT2D eigenvalue weighted by atomic mass is 10.1. The van der Waals surface area contributed by atoms with Crippen LogP contribution in [-0.4, -0.2) is 6.54 Å². The first-order valence-electron chi connectivity index (χ1n) is 3.76. The molecule has 0 aliphatic rings. The van der Waals surface area contributed by atoms with Gasteiger partial charge in [0.25, 0.3) is 0 Å². The average molecular weight is 187 g/mol. The van der Waals surface area contributed by atoms with Crippen LogP contribution in [0, 0.1) is 11.6 Å². The SMILES string of the molecule is NC[C@H](N)c1cc(N)cc(F)c1F. The fourth-order valence-electron chi connectivity index (χ4n) is 1.03. The highest BCUT2D eigenvalue weighted by Gasteiger charge is 2.14. The molecular formula is C8H11F2N3. The molecule has 1 aromatic rings. The van der Waals surface area contributed by atoms with Gasteiger partial charge in [0.05, 0.1) is 0 Å². The van der Waals surface area contributed by atoms with Gasteiger partial charge >= 0.3 is 0 Å². The largest absolute Gasteiger partial charge is 0.399 e. The zero-order chi connectivity index (χ0) is 10.0. The first-order chi connectivity index (χ1) is 6.06. The van der Waals surface area contributed by atoms with Crippen molar-refractivity contribution in [3.8, 4) is 0 Å². The Morgan fingerprint density at radius 2 is 1.92 bits per heavy atom. The highest BCUT2D eigenvalue weighted by atomic mass is 19.2. The van der Waals surface area contributed by atoms with Crippen molar-refractivity contribution in [1.29, 1.82) is 0 Å². The first kappa shape index (κ1) is 9.88. The van der Waals surface area contributed by atoms with Gasteiger partial charge in [-0.25, -0.2) is 8.78 Å².